The van der Waals surface area contributed by atoms with Crippen molar-refractivity contribution in [1.29, 1.82) is 0 Å². The van der Waals surface area contributed by atoms with Crippen molar-refractivity contribution >= 4 is 11.7 Å². The van der Waals surface area contributed by atoms with Crippen LogP contribution in [-0.2, 0) is 6.42 Å². The maximum atomic E-state index is 12.9. The molecular weight excluding hydrogens is 358 g/mol. The maximum absolute atomic E-state index is 12.9. The quantitative estimate of drug-likeness (QED) is 0.798. The van der Waals surface area contributed by atoms with Crippen LogP contribution in [0.4, 0.5) is 10.5 Å². The van der Waals surface area contributed by atoms with Gasteiger partial charge in [-0.25, -0.2) is 4.79 Å². The van der Waals surface area contributed by atoms with Gasteiger partial charge < -0.3 is 30.2 Å². The number of carbonyl (C=O) groups excluding carboxylic acids is 1. The predicted molar refractivity (Wildman–Crippen MR) is 107 cm³/mol. The number of benzene rings is 2. The van der Waals surface area contributed by atoms with E-state index in [0.29, 0.717) is 31.2 Å². The summed E-state index contributed by atoms with van der Waals surface area (Å²) in [4.78, 5) is 14.8. The van der Waals surface area contributed by atoms with Gasteiger partial charge in [0, 0.05) is 12.2 Å². The maximum Gasteiger partial charge on any atom is 0.322 e. The zero-order chi connectivity index (χ0) is 20.1. The van der Waals surface area contributed by atoms with Gasteiger partial charge in [-0.3, -0.25) is 0 Å². The lowest BCUT2D eigenvalue weighted by atomic mass is 9.92. The molecule has 0 aromatic heterocycles. The smallest absolute Gasteiger partial charge is 0.322 e. The Morgan fingerprint density at radius 1 is 1.18 bits per heavy atom. The van der Waals surface area contributed by atoms with E-state index in [-0.39, 0.29) is 12.1 Å². The molecule has 2 amide bonds. The molecule has 1 aliphatic rings. The number of nitrogens with zero attached hydrogens (tertiary/aromatic N) is 1. The molecule has 1 atom stereocenters. The number of rotatable bonds is 6. The summed E-state index contributed by atoms with van der Waals surface area (Å²) in [5, 5.41) is 2.97. The number of quaternary nitrogens is 1. The van der Waals surface area contributed by atoms with E-state index in [2.05, 4.69) is 11.1 Å². The number of hydrogen-bond donors (Lipinski definition) is 2. The fraction of sp³-hybridized carbons (Fsp3) is 0.381. The summed E-state index contributed by atoms with van der Waals surface area (Å²) in [6.07, 6.45) is 0.753. The lowest BCUT2D eigenvalue weighted by molar-refractivity contribution is -0.378. The Hall–Kier alpha value is -2.93. The van der Waals surface area contributed by atoms with Gasteiger partial charge in [0.05, 0.1) is 27.4 Å². The molecule has 0 bridgehead atoms. The average Bonchev–Trinajstić information content (AvgIpc) is 2.73. The summed E-state index contributed by atoms with van der Waals surface area (Å²) >= 11 is 0. The van der Waals surface area contributed by atoms with Crippen molar-refractivity contribution in [1.82, 2.24) is 4.90 Å². The third-order valence-electron chi connectivity index (χ3n) is 4.95. The van der Waals surface area contributed by atoms with Crippen LogP contribution in [0.1, 0.15) is 24.1 Å². The number of urea groups is 1. The van der Waals surface area contributed by atoms with Crippen LogP contribution in [0.5, 0.6) is 17.2 Å². The third kappa shape index (κ3) is 3.99. The summed E-state index contributed by atoms with van der Waals surface area (Å²) in [5.41, 5.74) is 7.02. The van der Waals surface area contributed by atoms with Gasteiger partial charge >= 0.3 is 6.03 Å². The molecule has 1 aliphatic heterocycles. The van der Waals surface area contributed by atoms with Crippen LogP contribution in [0.15, 0.2) is 36.4 Å². The third-order valence-corrected chi connectivity index (χ3v) is 4.95. The molecule has 150 valence electrons. The molecule has 28 heavy (non-hydrogen) atoms. The highest BCUT2D eigenvalue weighted by Crippen LogP contribution is 2.37. The van der Waals surface area contributed by atoms with Crippen molar-refractivity contribution in [3.63, 3.8) is 0 Å². The molecule has 0 fully saturated rings. The highest BCUT2D eigenvalue weighted by atomic mass is 16.5. The van der Waals surface area contributed by atoms with Gasteiger partial charge in [0.1, 0.15) is 11.8 Å². The number of nitrogens with one attached hydrogen (secondary N) is 1. The van der Waals surface area contributed by atoms with Gasteiger partial charge in [0.25, 0.3) is 0 Å². The molecule has 7 heteroatoms. The first kappa shape index (κ1) is 19.8. The van der Waals surface area contributed by atoms with E-state index in [9.17, 15) is 4.79 Å². The molecule has 7 nitrogen and oxygen atoms in total. The van der Waals surface area contributed by atoms with Gasteiger partial charge in [-0.2, -0.15) is 0 Å². The second-order valence-corrected chi connectivity index (χ2v) is 6.54. The molecule has 4 N–H and O–H groups in total. The number of ether oxygens (including phenoxy) is 3. The molecule has 0 aliphatic carbocycles. The Morgan fingerprint density at radius 2 is 1.86 bits per heavy atom. The summed E-state index contributed by atoms with van der Waals surface area (Å²) in [6.45, 7) is 3.73. The fourth-order valence-electron chi connectivity index (χ4n) is 3.58. The minimum Gasteiger partial charge on any atom is -0.494 e. The molecule has 0 saturated carbocycles. The monoisotopic (exact) mass is 386 g/mol. The molecule has 0 radical (unpaired) electrons. The van der Waals surface area contributed by atoms with Crippen molar-refractivity contribution < 1.29 is 24.7 Å². The fourth-order valence-corrected chi connectivity index (χ4v) is 3.58. The first-order valence-electron chi connectivity index (χ1n) is 9.45. The normalized spacial score (nSPS) is 15.6. The molecule has 1 heterocycles. The zero-order valence-electron chi connectivity index (χ0n) is 16.7. The van der Waals surface area contributed by atoms with Crippen LogP contribution in [0.2, 0.25) is 0 Å². The minimum atomic E-state index is -0.141. The minimum absolute atomic E-state index is 0.119. The van der Waals surface area contributed by atoms with Crippen LogP contribution in [0, 0.1) is 0 Å². The van der Waals surface area contributed by atoms with Crippen molar-refractivity contribution in [3.05, 3.63) is 47.5 Å². The van der Waals surface area contributed by atoms with Crippen LogP contribution in [0.3, 0.4) is 0 Å². The first-order chi connectivity index (χ1) is 13.6. The largest absolute Gasteiger partial charge is 0.494 e. The lowest BCUT2D eigenvalue weighted by Crippen LogP contribution is -2.58. The number of carbonyl (C=O) groups is 1. The van der Waals surface area contributed by atoms with E-state index in [0.717, 1.165) is 29.0 Å². The Labute approximate surface area is 165 Å². The van der Waals surface area contributed by atoms with Crippen LogP contribution >= 0.6 is 0 Å². The second-order valence-electron chi connectivity index (χ2n) is 6.54. The zero-order valence-corrected chi connectivity index (χ0v) is 16.7. The van der Waals surface area contributed by atoms with E-state index in [1.807, 2.05) is 48.2 Å². The van der Waals surface area contributed by atoms with Gasteiger partial charge in [-0.15, -0.1) is 0 Å². The summed E-state index contributed by atoms with van der Waals surface area (Å²) < 4.78 is 16.3. The SMILES string of the molecule is CCOc1ccc(NC(=O)N2CCc3cc(OC)c(OC)cc3[C@@H]2C[NH3+])cc1. The van der Waals surface area contributed by atoms with Crippen molar-refractivity contribution in [2.24, 2.45) is 0 Å². The summed E-state index contributed by atoms with van der Waals surface area (Å²) in [6, 6.07) is 11.1. The molecule has 3 rings (SSSR count). The van der Waals surface area contributed by atoms with Crippen LogP contribution in [-0.4, -0.2) is 44.8 Å². The topological polar surface area (TPSA) is 87.7 Å². The highest BCUT2D eigenvalue weighted by molar-refractivity contribution is 5.90. The van der Waals surface area contributed by atoms with Gasteiger partial charge in [0.15, 0.2) is 11.5 Å². The van der Waals surface area contributed by atoms with Crippen LogP contribution < -0.4 is 25.3 Å². The highest BCUT2D eigenvalue weighted by Gasteiger charge is 2.32. The first-order valence-corrected chi connectivity index (χ1v) is 9.45. The summed E-state index contributed by atoms with van der Waals surface area (Å²) in [7, 11) is 3.24. The molecule has 2 aromatic carbocycles. The Bertz CT molecular complexity index is 823. The standard InChI is InChI=1S/C21H27N3O4/c1-4-28-16-7-5-15(6-8-16)23-21(25)24-10-9-14-11-19(26-2)20(27-3)12-17(14)18(24)13-22/h5-8,11-12,18H,4,9-10,13,22H2,1-3H3,(H,23,25)/p+1/t18-/m0/s1. The van der Waals surface area contributed by atoms with Crippen molar-refractivity contribution in [2.45, 2.75) is 19.4 Å². The number of hydrogen-bond acceptors (Lipinski definition) is 4. The van der Waals surface area contributed by atoms with Crippen molar-refractivity contribution in [3.8, 4) is 17.2 Å². The second kappa shape index (κ2) is 8.84. The molecule has 2 aromatic rings. The van der Waals surface area contributed by atoms with E-state index in [1.54, 1.807) is 14.2 Å². The van der Waals surface area contributed by atoms with E-state index in [1.165, 1.54) is 0 Å². The number of methoxy groups -OCH3 is 2. The van der Waals surface area contributed by atoms with Gasteiger partial charge in [-0.05, 0) is 60.9 Å². The Morgan fingerprint density at radius 3 is 2.46 bits per heavy atom. The average molecular weight is 386 g/mol. The molecular formula is C21H28N3O4+. The van der Waals surface area contributed by atoms with E-state index in [4.69, 9.17) is 14.2 Å². The number of fused-ring (bicyclic) bond motifs is 1. The predicted octanol–water partition coefficient (Wildman–Crippen LogP) is 2.48. The Kier molecular flexibility index (Phi) is 6.26. The van der Waals surface area contributed by atoms with Gasteiger partial charge in [0.2, 0.25) is 0 Å². The lowest BCUT2D eigenvalue weighted by Gasteiger charge is -2.36. The van der Waals surface area contributed by atoms with E-state index >= 15 is 0 Å². The van der Waals surface area contributed by atoms with Gasteiger partial charge in [-0.1, -0.05) is 0 Å². The Balaban J connectivity index is 1.80. The van der Waals surface area contributed by atoms with E-state index < -0.39 is 0 Å². The van der Waals surface area contributed by atoms with Crippen LogP contribution in [0.25, 0.3) is 0 Å². The number of anilines is 1. The molecule has 0 unspecified atom stereocenters. The van der Waals surface area contributed by atoms with Crippen molar-refractivity contribution in [2.75, 3.05) is 39.2 Å². The molecule has 0 saturated heterocycles. The number of amides is 2. The summed E-state index contributed by atoms with van der Waals surface area (Å²) in [5.74, 6) is 2.15. The molecule has 0 spiro atoms.